The smallest absolute Gasteiger partial charge is 0.252 e. The van der Waals surface area contributed by atoms with Gasteiger partial charge in [0, 0.05) is 20.8 Å². The lowest BCUT2D eigenvalue weighted by molar-refractivity contribution is -0.147. The Hall–Kier alpha value is -0.360. The number of ether oxygens (including phenoxy) is 2. The first-order chi connectivity index (χ1) is 8.85. The largest absolute Gasteiger partial charge is 0.379 e. The maximum Gasteiger partial charge on any atom is 0.252 e. The minimum absolute atomic E-state index is 0. The molecule has 0 spiro atoms. The van der Waals surface area contributed by atoms with Gasteiger partial charge in [0.15, 0.2) is 0 Å². The molecule has 1 saturated heterocycles. The molecule has 20 heavy (non-hydrogen) atoms. The van der Waals surface area contributed by atoms with Crippen LogP contribution >= 0.6 is 12.4 Å². The van der Waals surface area contributed by atoms with E-state index in [-0.39, 0.29) is 29.8 Å². The van der Waals surface area contributed by atoms with Gasteiger partial charge in [-0.05, 0) is 31.3 Å². The Morgan fingerprint density at radius 2 is 1.85 bits per heavy atom. The lowest BCUT2D eigenvalue weighted by atomic mass is 9.88. The van der Waals surface area contributed by atoms with Crippen molar-refractivity contribution in [3.05, 3.63) is 0 Å². The topological polar surface area (TPSA) is 59.6 Å². The van der Waals surface area contributed by atoms with Crippen LogP contribution in [0.25, 0.3) is 0 Å². The number of hydrogen-bond donors (Lipinski definition) is 2. The van der Waals surface area contributed by atoms with Gasteiger partial charge in [-0.25, -0.2) is 0 Å². The second-order valence-electron chi connectivity index (χ2n) is 6.25. The zero-order valence-corrected chi connectivity index (χ0v) is 14.1. The first kappa shape index (κ1) is 19.6. The molecule has 120 valence electrons. The molecule has 1 amide bonds. The van der Waals surface area contributed by atoms with Crippen molar-refractivity contribution in [2.45, 2.75) is 45.3 Å². The monoisotopic (exact) mass is 308 g/mol. The summed E-state index contributed by atoms with van der Waals surface area (Å²) < 4.78 is 11.0. The molecule has 0 bridgehead atoms. The summed E-state index contributed by atoms with van der Waals surface area (Å²) in [6.07, 6.45) is 1.41. The van der Waals surface area contributed by atoms with Gasteiger partial charge in [0.25, 0.3) is 5.91 Å². The molecule has 1 atom stereocenters. The Labute approximate surface area is 128 Å². The van der Waals surface area contributed by atoms with Crippen molar-refractivity contribution < 1.29 is 14.3 Å². The fourth-order valence-electron chi connectivity index (χ4n) is 2.44. The number of carbonyl (C=O) groups excluding carboxylic acids is 1. The Morgan fingerprint density at radius 3 is 2.25 bits per heavy atom. The van der Waals surface area contributed by atoms with Crippen LogP contribution in [0.2, 0.25) is 0 Å². The van der Waals surface area contributed by atoms with Crippen LogP contribution in [-0.2, 0) is 14.3 Å². The van der Waals surface area contributed by atoms with Crippen LogP contribution in [-0.4, -0.2) is 51.5 Å². The highest BCUT2D eigenvalue weighted by molar-refractivity contribution is 5.85. The van der Waals surface area contributed by atoms with Gasteiger partial charge in [0.2, 0.25) is 0 Å². The predicted molar refractivity (Wildman–Crippen MR) is 82.4 cm³/mol. The number of piperidine rings is 1. The average Bonchev–Trinajstić information content (AvgIpc) is 2.38. The van der Waals surface area contributed by atoms with E-state index in [4.69, 9.17) is 9.47 Å². The Balaban J connectivity index is 0.00000361. The SMILES string of the molecule is COC(CNC(=O)C1(OC)CCNCC1)C(C)(C)C.Cl. The van der Waals surface area contributed by atoms with Crippen molar-refractivity contribution in [1.82, 2.24) is 10.6 Å². The van der Waals surface area contributed by atoms with E-state index in [0.29, 0.717) is 19.4 Å². The highest BCUT2D eigenvalue weighted by Crippen LogP contribution is 2.24. The molecule has 6 heteroatoms. The molecule has 1 rings (SSSR count). The van der Waals surface area contributed by atoms with E-state index in [2.05, 4.69) is 31.4 Å². The summed E-state index contributed by atoms with van der Waals surface area (Å²) in [5.74, 6) is -0.0252. The summed E-state index contributed by atoms with van der Waals surface area (Å²) in [5, 5.41) is 6.23. The molecule has 1 unspecified atom stereocenters. The number of nitrogens with one attached hydrogen (secondary N) is 2. The minimum Gasteiger partial charge on any atom is -0.379 e. The third-order valence-corrected chi connectivity index (χ3v) is 3.91. The zero-order valence-electron chi connectivity index (χ0n) is 13.2. The summed E-state index contributed by atoms with van der Waals surface area (Å²) in [7, 11) is 3.29. The highest BCUT2D eigenvalue weighted by Gasteiger charge is 2.40. The van der Waals surface area contributed by atoms with E-state index in [9.17, 15) is 4.79 Å². The molecule has 0 aromatic carbocycles. The average molecular weight is 309 g/mol. The molecule has 0 aromatic rings. The summed E-state index contributed by atoms with van der Waals surface area (Å²) in [6, 6.07) is 0. The summed E-state index contributed by atoms with van der Waals surface area (Å²) in [4.78, 5) is 12.4. The predicted octanol–water partition coefficient (Wildman–Crippen LogP) is 1.35. The van der Waals surface area contributed by atoms with E-state index < -0.39 is 5.60 Å². The summed E-state index contributed by atoms with van der Waals surface area (Å²) >= 11 is 0. The molecular weight excluding hydrogens is 280 g/mol. The van der Waals surface area contributed by atoms with Gasteiger partial charge in [-0.3, -0.25) is 4.79 Å². The van der Waals surface area contributed by atoms with Crippen LogP contribution in [0.1, 0.15) is 33.6 Å². The summed E-state index contributed by atoms with van der Waals surface area (Å²) in [6.45, 7) is 8.44. The summed E-state index contributed by atoms with van der Waals surface area (Å²) in [5.41, 5.74) is -0.683. The van der Waals surface area contributed by atoms with Crippen LogP contribution in [0.4, 0.5) is 0 Å². The lowest BCUT2D eigenvalue weighted by Gasteiger charge is -2.36. The van der Waals surface area contributed by atoms with Crippen LogP contribution < -0.4 is 10.6 Å². The normalized spacial score (nSPS) is 19.9. The van der Waals surface area contributed by atoms with E-state index in [1.165, 1.54) is 0 Å². The van der Waals surface area contributed by atoms with Crippen LogP contribution in [0.3, 0.4) is 0 Å². The van der Waals surface area contributed by atoms with Crippen LogP contribution in [0.5, 0.6) is 0 Å². The third kappa shape index (κ3) is 4.88. The minimum atomic E-state index is -0.679. The molecule has 1 heterocycles. The van der Waals surface area contributed by atoms with Gasteiger partial charge < -0.3 is 20.1 Å². The van der Waals surface area contributed by atoms with Crippen molar-refractivity contribution in [3.8, 4) is 0 Å². The van der Waals surface area contributed by atoms with Gasteiger partial charge in [-0.2, -0.15) is 0 Å². The van der Waals surface area contributed by atoms with Crippen molar-refractivity contribution in [2.75, 3.05) is 33.9 Å². The van der Waals surface area contributed by atoms with Gasteiger partial charge in [0.1, 0.15) is 5.60 Å². The number of rotatable bonds is 5. The molecule has 5 nitrogen and oxygen atoms in total. The Morgan fingerprint density at radius 1 is 1.30 bits per heavy atom. The highest BCUT2D eigenvalue weighted by atomic mass is 35.5. The van der Waals surface area contributed by atoms with E-state index in [0.717, 1.165) is 13.1 Å². The molecule has 0 aromatic heterocycles. The van der Waals surface area contributed by atoms with Crippen LogP contribution in [0.15, 0.2) is 0 Å². The van der Waals surface area contributed by atoms with E-state index >= 15 is 0 Å². The molecule has 1 aliphatic rings. The Bertz CT molecular complexity index is 299. The lowest BCUT2D eigenvalue weighted by Crippen LogP contribution is -2.55. The second kappa shape index (κ2) is 8.17. The van der Waals surface area contributed by atoms with Crippen molar-refractivity contribution in [1.29, 1.82) is 0 Å². The molecule has 0 saturated carbocycles. The van der Waals surface area contributed by atoms with Crippen molar-refractivity contribution >= 4 is 18.3 Å². The van der Waals surface area contributed by atoms with Gasteiger partial charge in [-0.1, -0.05) is 20.8 Å². The molecule has 1 fully saturated rings. The van der Waals surface area contributed by atoms with Gasteiger partial charge in [0.05, 0.1) is 6.10 Å². The maximum atomic E-state index is 12.4. The molecule has 0 aliphatic carbocycles. The number of hydrogen-bond acceptors (Lipinski definition) is 4. The Kier molecular flexibility index (Phi) is 8.03. The van der Waals surface area contributed by atoms with Crippen molar-refractivity contribution in [3.63, 3.8) is 0 Å². The molecular formula is C14H29ClN2O3. The standard InChI is InChI=1S/C14H28N2O3.ClH/c1-13(2,3)11(18-4)10-16-12(17)14(19-5)6-8-15-9-7-14;/h11,15H,6-10H2,1-5H3,(H,16,17);1H. The fraction of sp³-hybridized carbons (Fsp3) is 0.929. The molecule has 1 aliphatic heterocycles. The number of amides is 1. The zero-order chi connectivity index (χ0) is 14.5. The fourth-order valence-corrected chi connectivity index (χ4v) is 2.44. The quantitative estimate of drug-likeness (QED) is 0.805. The number of methoxy groups -OCH3 is 2. The third-order valence-electron chi connectivity index (χ3n) is 3.91. The van der Waals surface area contributed by atoms with Crippen molar-refractivity contribution in [2.24, 2.45) is 5.41 Å². The van der Waals surface area contributed by atoms with E-state index in [1.54, 1.807) is 14.2 Å². The molecule has 2 N–H and O–H groups in total. The van der Waals surface area contributed by atoms with Gasteiger partial charge in [-0.15, -0.1) is 12.4 Å². The number of halogens is 1. The first-order valence-corrected chi connectivity index (χ1v) is 6.93. The second-order valence-corrected chi connectivity index (χ2v) is 6.25. The molecule has 0 radical (unpaired) electrons. The first-order valence-electron chi connectivity index (χ1n) is 6.93. The van der Waals surface area contributed by atoms with Gasteiger partial charge >= 0.3 is 0 Å². The van der Waals surface area contributed by atoms with E-state index in [1.807, 2.05) is 0 Å². The maximum absolute atomic E-state index is 12.4. The van der Waals surface area contributed by atoms with Crippen LogP contribution in [0, 0.1) is 5.41 Å². The number of carbonyl (C=O) groups is 1.